The number of hydrogen-bond acceptors (Lipinski definition) is 3. The van der Waals surface area contributed by atoms with Gasteiger partial charge in [0, 0.05) is 23.6 Å². The van der Waals surface area contributed by atoms with Gasteiger partial charge in [-0.3, -0.25) is 5.10 Å². The van der Waals surface area contributed by atoms with Crippen LogP contribution in [0.2, 0.25) is 0 Å². The molecule has 0 aliphatic carbocycles. The van der Waals surface area contributed by atoms with Gasteiger partial charge in [-0.05, 0) is 5.10 Å². The number of H-pyrrole nitrogens is 1. The van der Waals surface area contributed by atoms with Crippen LogP contribution < -0.4 is 5.01 Å². The highest BCUT2D eigenvalue weighted by molar-refractivity contribution is 5.79. The molecule has 4 heteroatoms. The second-order valence-corrected chi connectivity index (χ2v) is 3.87. The fourth-order valence-electron chi connectivity index (χ4n) is 1.88. The minimum atomic E-state index is 0.914. The normalized spacial score (nSPS) is 15.2. The van der Waals surface area contributed by atoms with Crippen LogP contribution in [0.5, 0.6) is 0 Å². The molecule has 0 amide bonds. The van der Waals surface area contributed by atoms with Gasteiger partial charge in [-0.25, -0.2) is 0 Å². The van der Waals surface area contributed by atoms with Crippen LogP contribution in [0.1, 0.15) is 6.92 Å². The second-order valence-electron chi connectivity index (χ2n) is 3.87. The van der Waals surface area contributed by atoms with Crippen LogP contribution in [-0.2, 0) is 0 Å². The Bertz CT molecular complexity index is 580. The van der Waals surface area contributed by atoms with Crippen LogP contribution in [0.25, 0.3) is 11.3 Å². The topological polar surface area (TPSA) is 46.9 Å². The van der Waals surface area contributed by atoms with E-state index in [1.165, 1.54) is 0 Å². The number of anilines is 1. The molecule has 17 heavy (non-hydrogen) atoms. The minimum Gasteiger partial charge on any atom is -0.279 e. The smallest absolute Gasteiger partial charge is 0.263 e. The quantitative estimate of drug-likeness (QED) is 0.783. The zero-order valence-electron chi connectivity index (χ0n) is 9.46. The van der Waals surface area contributed by atoms with E-state index in [-0.39, 0.29) is 0 Å². The van der Waals surface area contributed by atoms with E-state index in [9.17, 15) is 0 Å². The predicted molar refractivity (Wildman–Crippen MR) is 68.1 cm³/mol. The third-order valence-electron chi connectivity index (χ3n) is 2.73. The van der Waals surface area contributed by atoms with E-state index < -0.39 is 0 Å². The molecule has 3 rings (SSSR count). The number of nitrogens with one attached hydrogen (secondary N) is 1. The lowest BCUT2D eigenvalue weighted by atomic mass is 10.1. The molecule has 1 N–H and O–H groups in total. The lowest BCUT2D eigenvalue weighted by Gasteiger charge is -2.00. The SMILES string of the molecule is CC1=CC=N[N+]1c1c[nH]nc1-c1ccccc1. The molecule has 0 fully saturated rings. The monoisotopic (exact) mass is 224 g/mol. The van der Waals surface area contributed by atoms with Crippen molar-refractivity contribution in [2.24, 2.45) is 5.10 Å². The number of hydrogen-bond donors (Lipinski definition) is 1. The first-order chi connectivity index (χ1) is 8.36. The summed E-state index contributed by atoms with van der Waals surface area (Å²) >= 11 is 0. The third-order valence-corrected chi connectivity index (χ3v) is 2.73. The average Bonchev–Trinajstić information content (AvgIpc) is 2.98. The molecule has 0 saturated heterocycles. The van der Waals surface area contributed by atoms with Crippen molar-refractivity contribution in [2.75, 3.05) is 0 Å². The molecule has 2 heterocycles. The highest BCUT2D eigenvalue weighted by Gasteiger charge is 2.30. The summed E-state index contributed by atoms with van der Waals surface area (Å²) in [5, 5.41) is 13.4. The van der Waals surface area contributed by atoms with Gasteiger partial charge >= 0.3 is 0 Å². The standard InChI is InChI=1S/C13H12N4/c1-10-7-8-15-17(10)12-9-14-16-13(12)11-5-3-2-4-6-11/h2-9H,1H3,(H,14,16)/q+1. The van der Waals surface area contributed by atoms with Crippen LogP contribution in [0, 0.1) is 0 Å². The first kappa shape index (κ1) is 9.99. The summed E-state index contributed by atoms with van der Waals surface area (Å²) in [6, 6.07) is 10.1. The van der Waals surface area contributed by atoms with Gasteiger partial charge in [0.05, 0.1) is 12.4 Å². The van der Waals surface area contributed by atoms with Gasteiger partial charge in [0.25, 0.3) is 5.69 Å². The number of rotatable bonds is 2. The van der Waals surface area contributed by atoms with Crippen molar-refractivity contribution >= 4 is 11.9 Å². The van der Waals surface area contributed by atoms with E-state index in [1.54, 1.807) is 6.21 Å². The van der Waals surface area contributed by atoms with Crippen LogP contribution in [0.15, 0.2) is 53.4 Å². The van der Waals surface area contributed by atoms with Crippen molar-refractivity contribution in [1.82, 2.24) is 15.2 Å². The van der Waals surface area contributed by atoms with Crippen LogP contribution in [-0.4, -0.2) is 16.4 Å². The van der Waals surface area contributed by atoms with Gasteiger partial charge < -0.3 is 0 Å². The average molecular weight is 224 g/mol. The van der Waals surface area contributed by atoms with Crippen molar-refractivity contribution in [3.8, 4) is 11.3 Å². The van der Waals surface area contributed by atoms with Crippen LogP contribution in [0.3, 0.4) is 0 Å². The van der Waals surface area contributed by atoms with Gasteiger partial charge in [-0.1, -0.05) is 30.3 Å². The molecule has 1 aliphatic rings. The van der Waals surface area contributed by atoms with Gasteiger partial charge in [-0.2, -0.15) is 5.10 Å². The van der Waals surface area contributed by atoms with Crippen LogP contribution >= 0.6 is 0 Å². The Hall–Kier alpha value is -2.20. The molecule has 0 spiro atoms. The maximum atomic E-state index is 4.30. The Balaban J connectivity index is 2.06. The molecular weight excluding hydrogens is 212 g/mol. The summed E-state index contributed by atoms with van der Waals surface area (Å²) in [6.07, 6.45) is 5.63. The summed E-state index contributed by atoms with van der Waals surface area (Å²) < 4.78 is 0. The van der Waals surface area contributed by atoms with Gasteiger partial charge in [-0.15, -0.1) is 0 Å². The Morgan fingerprint density at radius 2 is 2.00 bits per heavy atom. The molecule has 1 aromatic heterocycles. The zero-order valence-corrected chi connectivity index (χ0v) is 9.46. The first-order valence-electron chi connectivity index (χ1n) is 5.46. The molecule has 0 bridgehead atoms. The van der Waals surface area contributed by atoms with E-state index in [0.717, 1.165) is 22.6 Å². The zero-order chi connectivity index (χ0) is 11.7. The number of hydrazone groups is 1. The fourth-order valence-corrected chi connectivity index (χ4v) is 1.88. The highest BCUT2D eigenvalue weighted by Crippen LogP contribution is 2.31. The van der Waals surface area contributed by atoms with Crippen LogP contribution in [0.4, 0.5) is 5.69 Å². The Labute approximate surface area is 99.3 Å². The molecule has 2 aromatic rings. The van der Waals surface area contributed by atoms with E-state index >= 15 is 0 Å². The molecule has 83 valence electrons. The molecule has 0 saturated carbocycles. The summed E-state index contributed by atoms with van der Waals surface area (Å²) in [5.41, 5.74) is 4.05. The molecule has 1 radical (unpaired) electrons. The largest absolute Gasteiger partial charge is 0.279 e. The molecule has 1 aromatic carbocycles. The maximum absolute atomic E-state index is 4.30. The van der Waals surface area contributed by atoms with Crippen molar-refractivity contribution in [3.63, 3.8) is 0 Å². The van der Waals surface area contributed by atoms with E-state index in [0.29, 0.717) is 0 Å². The predicted octanol–water partition coefficient (Wildman–Crippen LogP) is 2.75. The van der Waals surface area contributed by atoms with Crippen molar-refractivity contribution in [2.45, 2.75) is 6.92 Å². The van der Waals surface area contributed by atoms with Gasteiger partial charge in [0.15, 0.2) is 11.4 Å². The van der Waals surface area contributed by atoms with Crippen molar-refractivity contribution in [1.29, 1.82) is 0 Å². The summed E-state index contributed by atoms with van der Waals surface area (Å²) in [5.74, 6) is 0. The molecule has 0 unspecified atom stereocenters. The lowest BCUT2D eigenvalue weighted by Crippen LogP contribution is -2.11. The summed E-state index contributed by atoms with van der Waals surface area (Å²) in [4.78, 5) is 0. The second kappa shape index (κ2) is 3.99. The van der Waals surface area contributed by atoms with E-state index in [4.69, 9.17) is 0 Å². The Kier molecular flexibility index (Phi) is 2.34. The number of benzene rings is 1. The van der Waals surface area contributed by atoms with Gasteiger partial charge in [0.2, 0.25) is 0 Å². The number of nitrogens with zero attached hydrogens (tertiary/aromatic N) is 3. The molecular formula is C13H12N4+. The lowest BCUT2D eigenvalue weighted by molar-refractivity contribution is 0.699. The van der Waals surface area contributed by atoms with E-state index in [1.807, 2.05) is 54.5 Å². The van der Waals surface area contributed by atoms with E-state index in [2.05, 4.69) is 15.3 Å². The number of allylic oxidation sites excluding steroid dienone is 2. The third kappa shape index (κ3) is 1.68. The molecule has 4 nitrogen and oxygen atoms in total. The highest BCUT2D eigenvalue weighted by atomic mass is 15.5. The van der Waals surface area contributed by atoms with Crippen molar-refractivity contribution in [3.05, 3.63) is 48.3 Å². The minimum absolute atomic E-state index is 0.914. The summed E-state index contributed by atoms with van der Waals surface area (Å²) in [7, 11) is 0. The molecule has 1 aliphatic heterocycles. The van der Waals surface area contributed by atoms with Gasteiger partial charge in [0.1, 0.15) is 0 Å². The Morgan fingerprint density at radius 1 is 1.18 bits per heavy atom. The fraction of sp³-hybridized carbons (Fsp3) is 0.0769. The molecule has 0 atom stereocenters. The summed E-state index contributed by atoms with van der Waals surface area (Å²) in [6.45, 7) is 2.02. The number of aromatic nitrogens is 2. The Morgan fingerprint density at radius 3 is 2.71 bits per heavy atom. The van der Waals surface area contributed by atoms with Crippen molar-refractivity contribution < 1.29 is 0 Å². The first-order valence-corrected chi connectivity index (χ1v) is 5.46. The maximum Gasteiger partial charge on any atom is 0.263 e. The number of aromatic amines is 1.